The molecular weight excluding hydrogens is 503 g/mol. The molecule has 0 heterocycles. The summed E-state index contributed by atoms with van der Waals surface area (Å²) in [5, 5.41) is 24.5. The zero-order valence-corrected chi connectivity index (χ0v) is 17.9. The fourth-order valence-corrected chi connectivity index (χ4v) is 3.51. The number of carboxylic acid groups (broad SMARTS) is 1. The minimum absolute atomic E-state index is 0.107. The number of halogens is 1. The molecule has 154 valence electrons. The van der Waals surface area contributed by atoms with Gasteiger partial charge in [0.05, 0.1) is 22.5 Å². The number of hydrazone groups is 1. The number of hydrogen-bond donors (Lipinski definition) is 3. The van der Waals surface area contributed by atoms with Crippen LogP contribution in [0.4, 0.5) is 0 Å². The molecule has 0 saturated heterocycles. The molecule has 0 aromatic heterocycles. The number of benzene rings is 3. The van der Waals surface area contributed by atoms with E-state index < -0.39 is 18.5 Å². The standard InChI is InChI=1S/C21H17IN2O6/c1-29-18-7-12(6-16(22)20(18)30-11-19(26)27)10-23-24-21(28)15-8-13-4-2-3-5-14(13)9-17(15)25/h2-10,25H,11H2,1H3,(H,24,28)(H,26,27). The van der Waals surface area contributed by atoms with Crippen molar-refractivity contribution in [2.24, 2.45) is 5.10 Å². The number of fused-ring (bicyclic) bond motifs is 1. The van der Waals surface area contributed by atoms with E-state index in [-0.39, 0.29) is 11.3 Å². The zero-order chi connectivity index (χ0) is 21.7. The monoisotopic (exact) mass is 520 g/mol. The number of aliphatic carboxylic acids is 1. The highest BCUT2D eigenvalue weighted by Crippen LogP contribution is 2.33. The molecule has 9 heteroatoms. The van der Waals surface area contributed by atoms with Crippen LogP contribution in [0.5, 0.6) is 17.2 Å². The van der Waals surface area contributed by atoms with Gasteiger partial charge < -0.3 is 19.7 Å². The van der Waals surface area contributed by atoms with Gasteiger partial charge >= 0.3 is 5.97 Å². The fourth-order valence-electron chi connectivity index (χ4n) is 2.72. The number of rotatable bonds is 7. The lowest BCUT2D eigenvalue weighted by Gasteiger charge is -2.12. The Hall–Kier alpha value is -3.34. The van der Waals surface area contributed by atoms with Crippen LogP contribution in [0.15, 0.2) is 53.6 Å². The number of ether oxygens (including phenoxy) is 2. The molecule has 0 aliphatic rings. The van der Waals surface area contributed by atoms with Gasteiger partial charge in [0.1, 0.15) is 5.75 Å². The Bertz CT molecular complexity index is 1150. The number of hydrogen-bond acceptors (Lipinski definition) is 6. The molecule has 0 aliphatic carbocycles. The first-order valence-electron chi connectivity index (χ1n) is 8.66. The van der Waals surface area contributed by atoms with Crippen LogP contribution in [0.2, 0.25) is 0 Å². The summed E-state index contributed by atoms with van der Waals surface area (Å²) in [7, 11) is 1.43. The van der Waals surface area contributed by atoms with Crippen molar-refractivity contribution >= 4 is 51.5 Å². The van der Waals surface area contributed by atoms with Crippen LogP contribution < -0.4 is 14.9 Å². The first-order valence-corrected chi connectivity index (χ1v) is 9.74. The van der Waals surface area contributed by atoms with Gasteiger partial charge in [0.25, 0.3) is 5.91 Å². The van der Waals surface area contributed by atoms with Gasteiger partial charge in [-0.3, -0.25) is 4.79 Å². The normalized spacial score (nSPS) is 10.9. The maximum Gasteiger partial charge on any atom is 0.341 e. The molecule has 0 atom stereocenters. The van der Waals surface area contributed by atoms with Crippen molar-refractivity contribution in [3.05, 3.63) is 63.2 Å². The van der Waals surface area contributed by atoms with Gasteiger partial charge in [-0.05, 0) is 63.2 Å². The number of nitrogens with zero attached hydrogens (tertiary/aromatic N) is 1. The number of aromatic hydroxyl groups is 1. The lowest BCUT2D eigenvalue weighted by atomic mass is 10.1. The SMILES string of the molecule is COc1cc(C=NNC(=O)c2cc3ccccc3cc2O)cc(I)c1OCC(=O)O. The van der Waals surface area contributed by atoms with Crippen LogP contribution in [-0.4, -0.2) is 42.0 Å². The third-order valence-electron chi connectivity index (χ3n) is 4.08. The topological polar surface area (TPSA) is 117 Å². The predicted molar refractivity (Wildman–Crippen MR) is 120 cm³/mol. The van der Waals surface area contributed by atoms with Crippen molar-refractivity contribution in [2.45, 2.75) is 0 Å². The van der Waals surface area contributed by atoms with E-state index in [4.69, 9.17) is 14.6 Å². The Morgan fingerprint density at radius 3 is 2.53 bits per heavy atom. The second kappa shape index (κ2) is 9.44. The molecular formula is C21H17IN2O6. The first-order chi connectivity index (χ1) is 14.4. The first kappa shape index (κ1) is 21.4. The molecule has 3 aromatic rings. The third-order valence-corrected chi connectivity index (χ3v) is 4.88. The number of methoxy groups -OCH3 is 1. The summed E-state index contributed by atoms with van der Waals surface area (Å²) < 4.78 is 11.1. The summed E-state index contributed by atoms with van der Waals surface area (Å²) in [6.07, 6.45) is 1.40. The van der Waals surface area contributed by atoms with Crippen molar-refractivity contribution in [2.75, 3.05) is 13.7 Å². The molecule has 1 amide bonds. The van der Waals surface area contributed by atoms with Crippen LogP contribution >= 0.6 is 22.6 Å². The number of carbonyl (C=O) groups is 2. The van der Waals surface area contributed by atoms with E-state index >= 15 is 0 Å². The molecule has 0 radical (unpaired) electrons. The van der Waals surface area contributed by atoms with Crippen LogP contribution in [0.3, 0.4) is 0 Å². The molecule has 0 bridgehead atoms. The van der Waals surface area contributed by atoms with Crippen LogP contribution in [0.25, 0.3) is 10.8 Å². The van der Waals surface area contributed by atoms with E-state index in [0.29, 0.717) is 20.6 Å². The average molecular weight is 520 g/mol. The van der Waals surface area contributed by atoms with Crippen molar-refractivity contribution in [3.63, 3.8) is 0 Å². The average Bonchev–Trinajstić information content (AvgIpc) is 2.71. The molecule has 3 rings (SSSR count). The summed E-state index contributed by atoms with van der Waals surface area (Å²) in [4.78, 5) is 23.1. The van der Waals surface area contributed by atoms with Gasteiger partial charge in [-0.2, -0.15) is 5.10 Å². The molecule has 0 saturated carbocycles. The largest absolute Gasteiger partial charge is 0.507 e. The minimum Gasteiger partial charge on any atom is -0.507 e. The van der Waals surface area contributed by atoms with Gasteiger partial charge in [0.2, 0.25) is 0 Å². The van der Waals surface area contributed by atoms with E-state index in [0.717, 1.165) is 10.8 Å². The zero-order valence-electron chi connectivity index (χ0n) is 15.8. The second-order valence-corrected chi connectivity index (χ2v) is 7.29. The lowest BCUT2D eigenvalue weighted by Crippen LogP contribution is -2.17. The molecule has 0 aliphatic heterocycles. The molecule has 0 fully saturated rings. The Balaban J connectivity index is 1.76. The lowest BCUT2D eigenvalue weighted by molar-refractivity contribution is -0.139. The summed E-state index contributed by atoms with van der Waals surface area (Å²) in [5.41, 5.74) is 3.09. The minimum atomic E-state index is -1.10. The smallest absolute Gasteiger partial charge is 0.341 e. The Labute approximate surface area is 185 Å². The maximum atomic E-state index is 12.4. The summed E-state index contributed by atoms with van der Waals surface area (Å²) in [5.74, 6) is -1.15. The molecule has 8 nitrogen and oxygen atoms in total. The number of carbonyl (C=O) groups excluding carboxylic acids is 1. The number of amides is 1. The van der Waals surface area contributed by atoms with E-state index in [1.54, 1.807) is 18.2 Å². The van der Waals surface area contributed by atoms with Crippen molar-refractivity contribution in [1.29, 1.82) is 0 Å². The molecule has 0 unspecified atom stereocenters. The van der Waals surface area contributed by atoms with Gasteiger partial charge in [0, 0.05) is 0 Å². The maximum absolute atomic E-state index is 12.4. The number of carboxylic acids is 1. The van der Waals surface area contributed by atoms with E-state index in [1.165, 1.54) is 19.4 Å². The predicted octanol–water partition coefficient (Wildman–Crippen LogP) is 3.39. The highest BCUT2D eigenvalue weighted by molar-refractivity contribution is 14.1. The molecule has 30 heavy (non-hydrogen) atoms. The highest BCUT2D eigenvalue weighted by atomic mass is 127. The van der Waals surface area contributed by atoms with E-state index in [9.17, 15) is 14.7 Å². The Morgan fingerprint density at radius 2 is 1.87 bits per heavy atom. The van der Waals surface area contributed by atoms with E-state index in [1.807, 2.05) is 46.9 Å². The van der Waals surface area contributed by atoms with Gasteiger partial charge in [-0.1, -0.05) is 24.3 Å². The number of nitrogens with one attached hydrogen (secondary N) is 1. The third kappa shape index (κ3) is 4.98. The van der Waals surface area contributed by atoms with Crippen LogP contribution in [-0.2, 0) is 4.79 Å². The second-order valence-electron chi connectivity index (χ2n) is 6.13. The number of phenolic OH excluding ortho intramolecular Hbond substituents is 1. The van der Waals surface area contributed by atoms with Crippen molar-refractivity contribution in [3.8, 4) is 17.2 Å². The van der Waals surface area contributed by atoms with Crippen LogP contribution in [0.1, 0.15) is 15.9 Å². The van der Waals surface area contributed by atoms with Crippen LogP contribution in [0, 0.1) is 3.57 Å². The highest BCUT2D eigenvalue weighted by Gasteiger charge is 2.14. The van der Waals surface area contributed by atoms with Gasteiger partial charge in [-0.25, -0.2) is 10.2 Å². The number of phenols is 1. The van der Waals surface area contributed by atoms with E-state index in [2.05, 4.69) is 10.5 Å². The molecule has 3 N–H and O–H groups in total. The summed E-state index contributed by atoms with van der Waals surface area (Å²) >= 11 is 1.99. The summed E-state index contributed by atoms with van der Waals surface area (Å²) in [6, 6.07) is 13.8. The van der Waals surface area contributed by atoms with Crippen molar-refractivity contribution in [1.82, 2.24) is 5.43 Å². The van der Waals surface area contributed by atoms with Crippen molar-refractivity contribution < 1.29 is 29.3 Å². The Morgan fingerprint density at radius 1 is 1.17 bits per heavy atom. The van der Waals surface area contributed by atoms with Gasteiger partial charge in [-0.15, -0.1) is 0 Å². The summed E-state index contributed by atoms with van der Waals surface area (Å²) in [6.45, 7) is -0.495. The Kier molecular flexibility index (Phi) is 6.72. The fraction of sp³-hybridized carbons (Fsp3) is 0.0952. The quantitative estimate of drug-likeness (QED) is 0.250. The molecule has 3 aromatic carbocycles. The van der Waals surface area contributed by atoms with Gasteiger partial charge in [0.15, 0.2) is 18.1 Å². The molecule has 0 spiro atoms.